The number of nitrogens with zero attached hydrogens (tertiary/aromatic N) is 2. The molecule has 0 aliphatic carbocycles. The van der Waals surface area contributed by atoms with Gasteiger partial charge in [-0.05, 0) is 32.4 Å². The molecule has 0 saturated carbocycles. The van der Waals surface area contributed by atoms with Crippen molar-refractivity contribution in [3.8, 4) is 0 Å². The zero-order chi connectivity index (χ0) is 11.2. The molecule has 0 radical (unpaired) electrons. The topological polar surface area (TPSA) is 28.2 Å². The molecule has 0 bridgehead atoms. The molecule has 1 saturated heterocycles. The fraction of sp³-hybridized carbons (Fsp3) is 0.750. The van der Waals surface area contributed by atoms with E-state index in [1.807, 2.05) is 6.20 Å². The summed E-state index contributed by atoms with van der Waals surface area (Å²) in [5.74, 6) is 0. The molecule has 1 aliphatic heterocycles. The molecule has 16 heavy (non-hydrogen) atoms. The molecule has 3 nitrogen and oxygen atoms in total. The maximum Gasteiger partial charge on any atom is 0.107 e. The summed E-state index contributed by atoms with van der Waals surface area (Å²) in [5.41, 5.74) is 0. The molecule has 4 heteroatoms. The van der Waals surface area contributed by atoms with E-state index in [9.17, 15) is 0 Å². The predicted octanol–water partition coefficient (Wildman–Crippen LogP) is 2.11. The lowest BCUT2D eigenvalue weighted by Crippen LogP contribution is -2.45. The third-order valence-corrected chi connectivity index (χ3v) is 3.88. The lowest BCUT2D eigenvalue weighted by atomic mass is 10.1. The van der Waals surface area contributed by atoms with Gasteiger partial charge in [-0.25, -0.2) is 4.98 Å². The number of rotatable bonds is 5. The molecule has 1 fully saturated rings. The van der Waals surface area contributed by atoms with Crippen LogP contribution in [0.15, 0.2) is 11.6 Å². The zero-order valence-electron chi connectivity index (χ0n) is 9.98. The third kappa shape index (κ3) is 3.27. The van der Waals surface area contributed by atoms with Crippen LogP contribution >= 0.6 is 11.3 Å². The van der Waals surface area contributed by atoms with Gasteiger partial charge in [-0.1, -0.05) is 6.92 Å². The standard InChI is InChI=1S/C12H21N3S/c1-2-7-15(10-12-14-6-8-16-12)11-4-3-5-13-9-11/h6,8,11,13H,2-5,7,9-10H2,1H3. The predicted molar refractivity (Wildman–Crippen MR) is 68.7 cm³/mol. The minimum Gasteiger partial charge on any atom is -0.315 e. The molecule has 1 aromatic rings. The van der Waals surface area contributed by atoms with Crippen LogP contribution in [0.4, 0.5) is 0 Å². The van der Waals surface area contributed by atoms with Gasteiger partial charge in [-0.3, -0.25) is 4.90 Å². The second-order valence-electron chi connectivity index (χ2n) is 4.40. The lowest BCUT2D eigenvalue weighted by molar-refractivity contribution is 0.158. The Morgan fingerprint density at radius 2 is 2.56 bits per heavy atom. The van der Waals surface area contributed by atoms with Crippen molar-refractivity contribution in [1.82, 2.24) is 15.2 Å². The van der Waals surface area contributed by atoms with E-state index in [1.165, 1.54) is 37.4 Å². The van der Waals surface area contributed by atoms with Crippen LogP contribution in [0.25, 0.3) is 0 Å². The van der Waals surface area contributed by atoms with E-state index in [4.69, 9.17) is 0 Å². The van der Waals surface area contributed by atoms with E-state index in [0.29, 0.717) is 6.04 Å². The summed E-state index contributed by atoms with van der Waals surface area (Å²) in [6, 6.07) is 0.706. The Kier molecular flexibility index (Phi) is 4.75. The Morgan fingerprint density at radius 1 is 1.62 bits per heavy atom. The molecule has 0 aromatic carbocycles. The third-order valence-electron chi connectivity index (χ3n) is 3.12. The van der Waals surface area contributed by atoms with Crippen LogP contribution in [0.5, 0.6) is 0 Å². The van der Waals surface area contributed by atoms with E-state index >= 15 is 0 Å². The van der Waals surface area contributed by atoms with Gasteiger partial charge in [0.05, 0.1) is 6.54 Å². The van der Waals surface area contributed by atoms with Gasteiger partial charge < -0.3 is 5.32 Å². The molecule has 1 aliphatic rings. The number of hydrogen-bond donors (Lipinski definition) is 1. The monoisotopic (exact) mass is 239 g/mol. The smallest absolute Gasteiger partial charge is 0.107 e. The SMILES string of the molecule is CCCN(Cc1nccs1)C1CCCNC1. The van der Waals surface area contributed by atoms with E-state index in [-0.39, 0.29) is 0 Å². The van der Waals surface area contributed by atoms with Crippen LogP contribution in [-0.2, 0) is 6.54 Å². The van der Waals surface area contributed by atoms with Crippen LogP contribution in [-0.4, -0.2) is 35.6 Å². The highest BCUT2D eigenvalue weighted by atomic mass is 32.1. The fourth-order valence-corrected chi connectivity index (χ4v) is 2.97. The van der Waals surface area contributed by atoms with E-state index in [0.717, 1.165) is 13.1 Å². The largest absolute Gasteiger partial charge is 0.315 e. The molecular formula is C12H21N3S. The van der Waals surface area contributed by atoms with E-state index < -0.39 is 0 Å². The van der Waals surface area contributed by atoms with Gasteiger partial charge in [-0.15, -0.1) is 11.3 Å². The van der Waals surface area contributed by atoms with Crippen molar-refractivity contribution < 1.29 is 0 Å². The quantitative estimate of drug-likeness (QED) is 0.853. The molecule has 0 amide bonds. The number of piperidine rings is 1. The first kappa shape index (κ1) is 12.0. The van der Waals surface area contributed by atoms with Gasteiger partial charge in [0.2, 0.25) is 0 Å². The summed E-state index contributed by atoms with van der Waals surface area (Å²) in [5, 5.41) is 6.81. The minimum atomic E-state index is 0.706. The fourth-order valence-electron chi connectivity index (χ4n) is 2.33. The van der Waals surface area contributed by atoms with Gasteiger partial charge >= 0.3 is 0 Å². The molecule has 1 aromatic heterocycles. The Morgan fingerprint density at radius 3 is 3.19 bits per heavy atom. The van der Waals surface area contributed by atoms with E-state index in [2.05, 4.69) is 27.5 Å². The zero-order valence-corrected chi connectivity index (χ0v) is 10.8. The number of aromatic nitrogens is 1. The van der Waals surface area contributed by atoms with Gasteiger partial charge in [-0.2, -0.15) is 0 Å². The molecular weight excluding hydrogens is 218 g/mol. The van der Waals surface area contributed by atoms with Crippen molar-refractivity contribution in [1.29, 1.82) is 0 Å². The Balaban J connectivity index is 1.92. The first-order valence-electron chi connectivity index (χ1n) is 6.23. The molecule has 1 unspecified atom stereocenters. The first-order chi connectivity index (χ1) is 7.90. The maximum absolute atomic E-state index is 4.39. The van der Waals surface area contributed by atoms with Crippen LogP contribution in [0, 0.1) is 0 Å². The molecule has 2 heterocycles. The summed E-state index contributed by atoms with van der Waals surface area (Å²) in [6.45, 7) is 6.80. The summed E-state index contributed by atoms with van der Waals surface area (Å²) in [6.07, 6.45) is 5.77. The lowest BCUT2D eigenvalue weighted by Gasteiger charge is -2.33. The highest BCUT2D eigenvalue weighted by molar-refractivity contribution is 7.09. The summed E-state index contributed by atoms with van der Waals surface area (Å²) in [7, 11) is 0. The summed E-state index contributed by atoms with van der Waals surface area (Å²) < 4.78 is 0. The van der Waals surface area contributed by atoms with Gasteiger partial charge in [0.15, 0.2) is 0 Å². The Bertz CT molecular complexity index is 280. The second kappa shape index (κ2) is 6.33. The highest BCUT2D eigenvalue weighted by Crippen LogP contribution is 2.16. The first-order valence-corrected chi connectivity index (χ1v) is 7.11. The normalized spacial score (nSPS) is 21.5. The second-order valence-corrected chi connectivity index (χ2v) is 5.38. The van der Waals surface area contributed by atoms with Crippen molar-refractivity contribution in [3.63, 3.8) is 0 Å². The van der Waals surface area contributed by atoms with Crippen LogP contribution in [0.2, 0.25) is 0 Å². The molecule has 2 rings (SSSR count). The molecule has 90 valence electrons. The van der Waals surface area contributed by atoms with Crippen molar-refractivity contribution in [2.24, 2.45) is 0 Å². The minimum absolute atomic E-state index is 0.706. The van der Waals surface area contributed by atoms with Crippen molar-refractivity contribution in [2.45, 2.75) is 38.8 Å². The highest BCUT2D eigenvalue weighted by Gasteiger charge is 2.20. The number of hydrogen-bond acceptors (Lipinski definition) is 4. The summed E-state index contributed by atoms with van der Waals surface area (Å²) in [4.78, 5) is 6.98. The van der Waals surface area contributed by atoms with Crippen LogP contribution < -0.4 is 5.32 Å². The molecule has 0 spiro atoms. The number of nitrogens with one attached hydrogen (secondary N) is 1. The van der Waals surface area contributed by atoms with Crippen molar-refractivity contribution in [2.75, 3.05) is 19.6 Å². The van der Waals surface area contributed by atoms with Crippen molar-refractivity contribution >= 4 is 11.3 Å². The van der Waals surface area contributed by atoms with Crippen LogP contribution in [0.1, 0.15) is 31.2 Å². The van der Waals surface area contributed by atoms with Gasteiger partial charge in [0, 0.05) is 24.2 Å². The summed E-state index contributed by atoms with van der Waals surface area (Å²) >= 11 is 1.77. The van der Waals surface area contributed by atoms with Crippen LogP contribution in [0.3, 0.4) is 0 Å². The van der Waals surface area contributed by atoms with Gasteiger partial charge in [0.25, 0.3) is 0 Å². The molecule has 1 N–H and O–H groups in total. The number of thiazole rings is 1. The van der Waals surface area contributed by atoms with E-state index in [1.54, 1.807) is 11.3 Å². The van der Waals surface area contributed by atoms with Gasteiger partial charge in [0.1, 0.15) is 5.01 Å². The Labute approximate surface area is 102 Å². The average molecular weight is 239 g/mol. The average Bonchev–Trinajstić information content (AvgIpc) is 2.83. The maximum atomic E-state index is 4.39. The Hall–Kier alpha value is -0.450. The van der Waals surface area contributed by atoms with Crippen molar-refractivity contribution in [3.05, 3.63) is 16.6 Å². The molecule has 1 atom stereocenters.